The van der Waals surface area contributed by atoms with Crippen LogP contribution in [0.4, 0.5) is 0 Å². The van der Waals surface area contributed by atoms with Gasteiger partial charge in [0, 0.05) is 16.3 Å². The van der Waals surface area contributed by atoms with Crippen LogP contribution in [-0.2, 0) is 16.0 Å². The van der Waals surface area contributed by atoms with E-state index in [-0.39, 0.29) is 0 Å². The maximum atomic E-state index is 12.1. The lowest BCUT2D eigenvalue weighted by molar-refractivity contribution is -0.150. The van der Waals surface area contributed by atoms with Gasteiger partial charge in [0.1, 0.15) is 11.5 Å². The Morgan fingerprint density at radius 3 is 2.68 bits per heavy atom. The summed E-state index contributed by atoms with van der Waals surface area (Å²) in [6.07, 6.45) is 1.53. The number of carbonyl (C=O) groups excluding carboxylic acids is 1. The molecule has 0 fully saturated rings. The van der Waals surface area contributed by atoms with Gasteiger partial charge in [-0.25, -0.2) is 14.8 Å². The minimum atomic E-state index is -0.715. The Hall–Kier alpha value is -3.16. The molecule has 0 saturated heterocycles. The fraction of sp³-hybridized carbons (Fsp3) is 0.174. The van der Waals surface area contributed by atoms with E-state index in [4.69, 9.17) is 25.8 Å². The van der Waals surface area contributed by atoms with Crippen LogP contribution in [0.2, 0.25) is 5.02 Å². The zero-order valence-corrected chi connectivity index (χ0v) is 18.2. The number of ether oxygens (including phenoxy) is 3. The summed E-state index contributed by atoms with van der Waals surface area (Å²) in [7, 11) is 0. The molecular weight excluding hydrogens is 436 g/mol. The molecule has 1 atom stereocenters. The molecule has 8 heteroatoms. The van der Waals surface area contributed by atoms with Crippen LogP contribution in [0, 0.1) is 0 Å². The normalized spacial score (nSPS) is 11.8. The van der Waals surface area contributed by atoms with Crippen molar-refractivity contribution < 1.29 is 19.0 Å². The second kappa shape index (κ2) is 9.76. The summed E-state index contributed by atoms with van der Waals surface area (Å²) in [6, 6.07) is 16.2. The highest BCUT2D eigenvalue weighted by molar-refractivity contribution is 7.09. The first-order valence-corrected chi connectivity index (χ1v) is 10.9. The van der Waals surface area contributed by atoms with Crippen molar-refractivity contribution in [3.8, 4) is 17.4 Å². The number of hydrogen-bond acceptors (Lipinski definition) is 7. The SMILES string of the molecule is CC(Oc1ccc(Oc2cnc3cc(Cl)ccc3n2)cc1)C(=O)OCCc1cccs1. The Kier molecular flexibility index (Phi) is 6.64. The number of benzene rings is 2. The third-order valence-electron chi connectivity index (χ3n) is 4.35. The van der Waals surface area contributed by atoms with Gasteiger partial charge in [-0.15, -0.1) is 11.3 Å². The number of esters is 1. The summed E-state index contributed by atoms with van der Waals surface area (Å²) >= 11 is 7.61. The second-order valence-corrected chi connectivity index (χ2v) is 8.14. The smallest absolute Gasteiger partial charge is 0.347 e. The molecule has 4 aromatic rings. The molecule has 0 amide bonds. The lowest BCUT2D eigenvalue weighted by Gasteiger charge is -2.14. The molecule has 2 aromatic carbocycles. The molecule has 1 unspecified atom stereocenters. The van der Waals surface area contributed by atoms with Crippen molar-refractivity contribution in [3.05, 3.63) is 76.1 Å². The molecule has 0 spiro atoms. The molecule has 4 rings (SSSR count). The van der Waals surface area contributed by atoms with Gasteiger partial charge in [-0.1, -0.05) is 17.7 Å². The van der Waals surface area contributed by atoms with Gasteiger partial charge in [0.2, 0.25) is 5.88 Å². The lowest BCUT2D eigenvalue weighted by atomic mass is 10.3. The van der Waals surface area contributed by atoms with Gasteiger partial charge in [-0.3, -0.25) is 0 Å². The van der Waals surface area contributed by atoms with Crippen molar-refractivity contribution in [1.82, 2.24) is 9.97 Å². The van der Waals surface area contributed by atoms with Gasteiger partial charge in [0.15, 0.2) is 6.10 Å². The Labute approximate surface area is 188 Å². The second-order valence-electron chi connectivity index (χ2n) is 6.67. The minimum absolute atomic E-state index is 0.332. The molecule has 0 radical (unpaired) electrons. The van der Waals surface area contributed by atoms with Gasteiger partial charge in [0.25, 0.3) is 0 Å². The zero-order chi connectivity index (χ0) is 21.6. The summed E-state index contributed by atoms with van der Waals surface area (Å²) < 4.78 is 16.7. The molecule has 0 aliphatic heterocycles. The first kappa shape index (κ1) is 21.1. The van der Waals surface area contributed by atoms with E-state index < -0.39 is 12.1 Å². The Morgan fingerprint density at radius 2 is 1.90 bits per heavy atom. The number of aromatic nitrogens is 2. The molecule has 2 heterocycles. The first-order chi connectivity index (χ1) is 15.1. The van der Waals surface area contributed by atoms with Crippen molar-refractivity contribution in [2.45, 2.75) is 19.4 Å². The van der Waals surface area contributed by atoms with Crippen LogP contribution in [0.3, 0.4) is 0 Å². The maximum Gasteiger partial charge on any atom is 0.347 e. The van der Waals surface area contributed by atoms with E-state index in [9.17, 15) is 4.79 Å². The van der Waals surface area contributed by atoms with E-state index >= 15 is 0 Å². The average Bonchev–Trinajstić information content (AvgIpc) is 3.28. The predicted molar refractivity (Wildman–Crippen MR) is 120 cm³/mol. The zero-order valence-electron chi connectivity index (χ0n) is 16.7. The van der Waals surface area contributed by atoms with Gasteiger partial charge in [0.05, 0.1) is 23.8 Å². The van der Waals surface area contributed by atoms with Crippen LogP contribution in [0.15, 0.2) is 66.2 Å². The molecule has 2 aromatic heterocycles. The highest BCUT2D eigenvalue weighted by Crippen LogP contribution is 2.25. The van der Waals surface area contributed by atoms with Gasteiger partial charge in [-0.05, 0) is 60.8 Å². The number of carbonyl (C=O) groups is 1. The van der Waals surface area contributed by atoms with Crippen molar-refractivity contribution in [1.29, 1.82) is 0 Å². The Balaban J connectivity index is 1.30. The first-order valence-electron chi connectivity index (χ1n) is 9.63. The number of halogens is 1. The number of thiophene rings is 1. The molecular formula is C23H19ClN2O4S. The molecule has 31 heavy (non-hydrogen) atoms. The minimum Gasteiger partial charge on any atom is -0.479 e. The number of fused-ring (bicyclic) bond motifs is 1. The van der Waals surface area contributed by atoms with Gasteiger partial charge in [-0.2, -0.15) is 0 Å². The largest absolute Gasteiger partial charge is 0.479 e. The standard InChI is InChI=1S/C23H19ClN2O4S/c1-15(23(27)28-11-10-19-3-2-12-31-19)29-17-5-7-18(8-6-17)30-22-14-25-21-13-16(24)4-9-20(21)26-22/h2-9,12-15H,10-11H2,1H3. The summed E-state index contributed by atoms with van der Waals surface area (Å²) in [6.45, 7) is 1.99. The van der Waals surface area contributed by atoms with Crippen LogP contribution < -0.4 is 9.47 Å². The quantitative estimate of drug-likeness (QED) is 0.318. The number of hydrogen-bond donors (Lipinski definition) is 0. The van der Waals surface area contributed by atoms with E-state index in [1.807, 2.05) is 17.5 Å². The van der Waals surface area contributed by atoms with Crippen LogP contribution in [0.1, 0.15) is 11.8 Å². The van der Waals surface area contributed by atoms with Crippen molar-refractivity contribution in [2.24, 2.45) is 0 Å². The topological polar surface area (TPSA) is 70.5 Å². The van der Waals surface area contributed by atoms with E-state index in [1.165, 1.54) is 11.1 Å². The highest BCUT2D eigenvalue weighted by Gasteiger charge is 2.16. The van der Waals surface area contributed by atoms with Crippen molar-refractivity contribution in [2.75, 3.05) is 6.61 Å². The van der Waals surface area contributed by atoms with Crippen LogP contribution in [0.5, 0.6) is 17.4 Å². The molecule has 0 bridgehead atoms. The fourth-order valence-electron chi connectivity index (χ4n) is 2.80. The summed E-state index contributed by atoms with van der Waals surface area (Å²) in [5.74, 6) is 1.07. The van der Waals surface area contributed by atoms with Gasteiger partial charge >= 0.3 is 5.97 Å². The molecule has 0 saturated carbocycles. The lowest BCUT2D eigenvalue weighted by Crippen LogP contribution is -2.26. The van der Waals surface area contributed by atoms with Crippen LogP contribution in [0.25, 0.3) is 11.0 Å². The van der Waals surface area contributed by atoms with Crippen molar-refractivity contribution >= 4 is 39.9 Å². The van der Waals surface area contributed by atoms with Crippen LogP contribution >= 0.6 is 22.9 Å². The fourth-order valence-corrected chi connectivity index (χ4v) is 3.66. The molecule has 0 N–H and O–H groups in total. The van der Waals surface area contributed by atoms with Crippen molar-refractivity contribution in [3.63, 3.8) is 0 Å². The third-order valence-corrected chi connectivity index (χ3v) is 5.52. The Morgan fingerprint density at radius 1 is 1.10 bits per heavy atom. The highest BCUT2D eigenvalue weighted by atomic mass is 35.5. The molecule has 158 valence electrons. The number of rotatable bonds is 8. The van der Waals surface area contributed by atoms with E-state index in [0.29, 0.717) is 46.5 Å². The monoisotopic (exact) mass is 454 g/mol. The van der Waals surface area contributed by atoms with E-state index in [1.54, 1.807) is 60.7 Å². The van der Waals surface area contributed by atoms with E-state index in [2.05, 4.69) is 9.97 Å². The van der Waals surface area contributed by atoms with Gasteiger partial charge < -0.3 is 14.2 Å². The molecule has 6 nitrogen and oxygen atoms in total. The molecule has 0 aliphatic carbocycles. The number of nitrogens with zero attached hydrogens (tertiary/aromatic N) is 2. The maximum absolute atomic E-state index is 12.1. The molecule has 0 aliphatic rings. The predicted octanol–water partition coefficient (Wildman–Crippen LogP) is 5.69. The Bertz CT molecular complexity index is 1170. The average molecular weight is 455 g/mol. The van der Waals surface area contributed by atoms with Crippen LogP contribution in [-0.4, -0.2) is 28.6 Å². The van der Waals surface area contributed by atoms with E-state index in [0.717, 1.165) is 0 Å². The summed E-state index contributed by atoms with van der Waals surface area (Å²) in [4.78, 5) is 22.0. The summed E-state index contributed by atoms with van der Waals surface area (Å²) in [5, 5.41) is 2.60. The summed E-state index contributed by atoms with van der Waals surface area (Å²) in [5.41, 5.74) is 1.38. The third kappa shape index (κ3) is 5.71.